The minimum Gasteiger partial charge on any atom is -0.490 e. The molecule has 0 saturated carbocycles. The Morgan fingerprint density at radius 1 is 0.418 bits per heavy atom. The van der Waals surface area contributed by atoms with Crippen molar-refractivity contribution in [2.45, 2.75) is 195 Å². The molecule has 0 unspecified atom stereocenters. The normalized spacial score (nSPS) is 11.5. The van der Waals surface area contributed by atoms with Crippen molar-refractivity contribution in [1.29, 1.82) is 0 Å². The van der Waals surface area contributed by atoms with Crippen molar-refractivity contribution in [1.82, 2.24) is 4.57 Å². The number of aromatic nitrogens is 2. The zero-order valence-electron chi connectivity index (χ0n) is 42.7. The third kappa shape index (κ3) is 17.4. The molecule has 9 nitrogen and oxygen atoms in total. The highest BCUT2D eigenvalue weighted by Gasteiger charge is 2.22. The molecule has 9 heteroatoms. The molecule has 0 saturated heterocycles. The Hall–Kier alpha value is -4.66. The fraction of sp³-hybridized carbons (Fsp3) is 0.621. The lowest BCUT2D eigenvalue weighted by atomic mass is 9.93. The first kappa shape index (κ1) is 53.3. The number of ether oxygens (including phenoxy) is 6. The summed E-state index contributed by atoms with van der Waals surface area (Å²) in [4.78, 5) is 13.7. The van der Waals surface area contributed by atoms with E-state index in [0.717, 1.165) is 177 Å². The first-order valence-electron chi connectivity index (χ1n) is 26.8. The standard InChI is InChI=1S/C58H87N2O7/c1-7-12-25-34-62-52-39-46-47-40-53(63-35-26-13-8-2)55(65-37-28-15-10-4)42-49(47)51-44-57(67-58(61)30-23-21-19-17-18-20-22-24-31-60-33-32-59(6)45-60)56(66-38-29-16-11-5)43-50(51)48(46)41-54(52)64-36-27-14-9-3/h32-33,39-45H,7-31,34-38H2,1-6H3/q+1. The van der Waals surface area contributed by atoms with Crippen LogP contribution in [0.5, 0.6) is 34.5 Å². The number of fused-ring (bicyclic) bond motifs is 6. The van der Waals surface area contributed by atoms with Crippen molar-refractivity contribution >= 4 is 38.3 Å². The van der Waals surface area contributed by atoms with Crippen molar-refractivity contribution in [2.24, 2.45) is 7.05 Å². The van der Waals surface area contributed by atoms with E-state index in [9.17, 15) is 4.79 Å². The van der Waals surface area contributed by atoms with E-state index in [1.54, 1.807) is 0 Å². The van der Waals surface area contributed by atoms with Crippen LogP contribution in [0.2, 0.25) is 0 Å². The van der Waals surface area contributed by atoms with Crippen LogP contribution in [-0.4, -0.2) is 43.6 Å². The first-order valence-corrected chi connectivity index (χ1v) is 26.8. The van der Waals surface area contributed by atoms with Crippen LogP contribution in [0.15, 0.2) is 55.1 Å². The van der Waals surface area contributed by atoms with E-state index in [0.29, 0.717) is 51.0 Å². The van der Waals surface area contributed by atoms with Crippen molar-refractivity contribution in [3.63, 3.8) is 0 Å². The molecule has 370 valence electrons. The SMILES string of the molecule is CCCCCOc1cc2c3cc(OCCCCC)c(OCCCCC)cc3c3cc(OC(=O)CCCCCCCCCCn4cc[n+](C)c4)c(OCCCCC)cc3c2cc1OCCCCC. The molecule has 0 atom stereocenters. The summed E-state index contributed by atoms with van der Waals surface area (Å²) in [7, 11) is 2.06. The van der Waals surface area contributed by atoms with Crippen LogP contribution >= 0.6 is 0 Å². The van der Waals surface area contributed by atoms with Gasteiger partial charge in [-0.2, -0.15) is 0 Å². The summed E-state index contributed by atoms with van der Waals surface area (Å²) in [5.41, 5.74) is 0. The maximum Gasteiger partial charge on any atom is 0.311 e. The number of carbonyl (C=O) groups is 1. The number of imidazole rings is 1. The van der Waals surface area contributed by atoms with Gasteiger partial charge in [-0.3, -0.25) is 4.79 Å². The number of hydrogen-bond donors (Lipinski definition) is 0. The van der Waals surface area contributed by atoms with E-state index in [1.165, 1.54) is 32.1 Å². The molecule has 0 fully saturated rings. The van der Waals surface area contributed by atoms with Crippen molar-refractivity contribution in [3.05, 3.63) is 55.1 Å². The van der Waals surface area contributed by atoms with Crippen LogP contribution < -0.4 is 33.0 Å². The molecular formula is C58H87N2O7+. The third-order valence-corrected chi connectivity index (χ3v) is 12.7. The number of unbranched alkanes of at least 4 members (excludes halogenated alkanes) is 17. The molecule has 0 bridgehead atoms. The molecule has 0 amide bonds. The zero-order chi connectivity index (χ0) is 47.5. The van der Waals surface area contributed by atoms with Crippen LogP contribution in [0.25, 0.3) is 32.3 Å². The second-order valence-corrected chi connectivity index (χ2v) is 18.7. The van der Waals surface area contributed by atoms with Gasteiger partial charge in [0.2, 0.25) is 6.33 Å². The highest BCUT2D eigenvalue weighted by molar-refractivity contribution is 6.27. The quantitative estimate of drug-likeness (QED) is 0.0129. The highest BCUT2D eigenvalue weighted by atomic mass is 16.6. The number of nitrogens with zero attached hydrogens (tertiary/aromatic N) is 2. The maximum atomic E-state index is 13.7. The summed E-state index contributed by atoms with van der Waals surface area (Å²) in [6.45, 7) is 15.1. The zero-order valence-corrected chi connectivity index (χ0v) is 42.7. The fourth-order valence-electron chi connectivity index (χ4n) is 8.76. The van der Waals surface area contributed by atoms with Gasteiger partial charge in [0.15, 0.2) is 34.5 Å². The molecule has 67 heavy (non-hydrogen) atoms. The Kier molecular flexibility index (Phi) is 24.4. The predicted molar refractivity (Wildman–Crippen MR) is 277 cm³/mol. The largest absolute Gasteiger partial charge is 0.490 e. The van der Waals surface area contributed by atoms with Gasteiger partial charge in [0.05, 0.1) is 46.6 Å². The number of carbonyl (C=O) groups excluding carboxylic acids is 1. The molecule has 1 aromatic heterocycles. The van der Waals surface area contributed by atoms with Crippen LogP contribution in [-0.2, 0) is 18.4 Å². The molecule has 1 heterocycles. The van der Waals surface area contributed by atoms with E-state index in [-0.39, 0.29) is 5.97 Å². The predicted octanol–water partition coefficient (Wildman–Crippen LogP) is 15.7. The van der Waals surface area contributed by atoms with Gasteiger partial charge in [0, 0.05) is 6.42 Å². The summed E-state index contributed by atoms with van der Waals surface area (Å²) >= 11 is 0. The molecular weight excluding hydrogens is 837 g/mol. The molecule has 5 rings (SSSR count). The molecule has 0 radical (unpaired) electrons. The summed E-state index contributed by atoms with van der Waals surface area (Å²) in [6, 6.07) is 12.7. The molecule has 0 N–H and O–H groups in total. The number of hydrogen-bond acceptors (Lipinski definition) is 7. The van der Waals surface area contributed by atoms with Gasteiger partial charge in [-0.15, -0.1) is 0 Å². The monoisotopic (exact) mass is 924 g/mol. The van der Waals surface area contributed by atoms with E-state index in [2.05, 4.69) is 99.9 Å². The van der Waals surface area contributed by atoms with E-state index in [4.69, 9.17) is 28.4 Å². The smallest absolute Gasteiger partial charge is 0.311 e. The average Bonchev–Trinajstić information content (AvgIpc) is 3.76. The van der Waals surface area contributed by atoms with Gasteiger partial charge >= 0.3 is 5.97 Å². The highest BCUT2D eigenvalue weighted by Crippen LogP contribution is 2.47. The van der Waals surface area contributed by atoms with E-state index in [1.807, 2.05) is 6.07 Å². The van der Waals surface area contributed by atoms with Gasteiger partial charge in [0.1, 0.15) is 12.4 Å². The van der Waals surface area contributed by atoms with E-state index < -0.39 is 0 Å². The molecule has 0 aliphatic heterocycles. The van der Waals surface area contributed by atoms with Gasteiger partial charge in [-0.05, 0) is 120 Å². The summed E-state index contributed by atoms with van der Waals surface area (Å²) in [5.74, 6) is 3.80. The Morgan fingerprint density at radius 2 is 0.731 bits per heavy atom. The van der Waals surface area contributed by atoms with Crippen molar-refractivity contribution in [2.75, 3.05) is 33.0 Å². The van der Waals surface area contributed by atoms with Crippen LogP contribution in [0, 0.1) is 0 Å². The minimum atomic E-state index is -0.225. The summed E-state index contributed by atoms with van der Waals surface area (Å²) in [6.07, 6.45) is 31.7. The number of benzene rings is 4. The topological polar surface area (TPSA) is 81.3 Å². The second-order valence-electron chi connectivity index (χ2n) is 18.7. The van der Waals surface area contributed by atoms with Crippen LogP contribution in [0.4, 0.5) is 0 Å². The van der Waals surface area contributed by atoms with E-state index >= 15 is 0 Å². The Balaban J connectivity index is 1.50. The number of rotatable bonds is 37. The number of esters is 1. The third-order valence-electron chi connectivity index (χ3n) is 12.7. The van der Waals surface area contributed by atoms with Crippen molar-refractivity contribution in [3.8, 4) is 34.5 Å². The summed E-state index contributed by atoms with van der Waals surface area (Å²) < 4.78 is 43.5. The lowest BCUT2D eigenvalue weighted by molar-refractivity contribution is -0.671. The summed E-state index contributed by atoms with van der Waals surface area (Å²) in [5, 5.41) is 6.03. The molecule has 0 aliphatic rings. The van der Waals surface area contributed by atoms with Gasteiger partial charge < -0.3 is 28.4 Å². The first-order chi connectivity index (χ1) is 32.9. The molecule has 4 aromatic carbocycles. The van der Waals surface area contributed by atoms with Crippen LogP contribution in [0.3, 0.4) is 0 Å². The lowest BCUT2D eigenvalue weighted by Gasteiger charge is -2.20. The van der Waals surface area contributed by atoms with Gasteiger partial charge in [-0.25, -0.2) is 9.13 Å². The van der Waals surface area contributed by atoms with Crippen LogP contribution in [0.1, 0.15) is 189 Å². The van der Waals surface area contributed by atoms with Crippen molar-refractivity contribution < 1.29 is 37.8 Å². The average molecular weight is 924 g/mol. The van der Waals surface area contributed by atoms with Gasteiger partial charge in [-0.1, -0.05) is 131 Å². The number of aryl methyl sites for hydroxylation is 2. The Labute approximate surface area is 404 Å². The lowest BCUT2D eigenvalue weighted by Crippen LogP contribution is -2.23. The minimum absolute atomic E-state index is 0.225. The molecule has 5 aromatic rings. The van der Waals surface area contributed by atoms with Gasteiger partial charge in [0.25, 0.3) is 0 Å². The Bertz CT molecular complexity index is 2150. The molecule has 0 aliphatic carbocycles. The molecule has 0 spiro atoms. The Morgan fingerprint density at radius 3 is 1.06 bits per heavy atom. The fourth-order valence-corrected chi connectivity index (χ4v) is 8.76. The maximum absolute atomic E-state index is 13.7. The second kappa shape index (κ2) is 30.7.